The lowest BCUT2D eigenvalue weighted by Crippen LogP contribution is -2.33. The molecule has 3 rings (SSSR count). The van der Waals surface area contributed by atoms with Gasteiger partial charge in [0.2, 0.25) is 5.91 Å². The molecule has 1 aromatic heterocycles. The number of ether oxygens (including phenoxy) is 2. The molecule has 0 bridgehead atoms. The fourth-order valence-electron chi connectivity index (χ4n) is 3.30. The third-order valence-electron chi connectivity index (χ3n) is 4.73. The second-order valence-corrected chi connectivity index (χ2v) is 6.60. The first-order chi connectivity index (χ1) is 13.1. The molecular weight excluding hydrogens is 346 g/mol. The van der Waals surface area contributed by atoms with Crippen LogP contribution < -0.4 is 20.3 Å². The van der Waals surface area contributed by atoms with Gasteiger partial charge in [0.15, 0.2) is 11.5 Å². The molecule has 0 unspecified atom stereocenters. The quantitative estimate of drug-likeness (QED) is 0.798. The third kappa shape index (κ3) is 4.67. The summed E-state index contributed by atoms with van der Waals surface area (Å²) in [5.41, 5.74) is 2.80. The zero-order valence-electron chi connectivity index (χ0n) is 15.8. The van der Waals surface area contributed by atoms with E-state index in [-0.39, 0.29) is 17.9 Å². The van der Waals surface area contributed by atoms with Crippen molar-refractivity contribution in [2.24, 2.45) is 0 Å². The lowest BCUT2D eigenvalue weighted by Gasteiger charge is -2.16. The normalized spacial score (nSPS) is 13.0. The molecule has 0 saturated carbocycles. The highest BCUT2D eigenvalue weighted by Crippen LogP contribution is 2.27. The second-order valence-electron chi connectivity index (χ2n) is 6.60. The van der Waals surface area contributed by atoms with Gasteiger partial charge in [0.1, 0.15) is 0 Å². The Kier molecular flexibility index (Phi) is 6.11. The van der Waals surface area contributed by atoms with Crippen molar-refractivity contribution in [2.45, 2.75) is 38.6 Å². The van der Waals surface area contributed by atoms with Gasteiger partial charge in [-0.05, 0) is 48.9 Å². The summed E-state index contributed by atoms with van der Waals surface area (Å²) in [5, 5.41) is 7.30. The van der Waals surface area contributed by atoms with Gasteiger partial charge in [0.25, 0.3) is 5.56 Å². The van der Waals surface area contributed by atoms with E-state index in [1.54, 1.807) is 32.4 Å². The summed E-state index contributed by atoms with van der Waals surface area (Å²) in [6, 6.07) is 7.08. The minimum atomic E-state index is -0.117. The summed E-state index contributed by atoms with van der Waals surface area (Å²) in [6.45, 7) is 0.724. The van der Waals surface area contributed by atoms with Crippen LogP contribution in [-0.4, -0.2) is 36.5 Å². The molecule has 1 heterocycles. The minimum Gasteiger partial charge on any atom is -0.493 e. The van der Waals surface area contributed by atoms with Gasteiger partial charge in [-0.3, -0.25) is 9.59 Å². The lowest BCUT2D eigenvalue weighted by molar-refractivity contribution is -0.120. The molecule has 7 nitrogen and oxygen atoms in total. The average molecular weight is 371 g/mol. The van der Waals surface area contributed by atoms with Crippen LogP contribution >= 0.6 is 0 Å². The van der Waals surface area contributed by atoms with Crippen LogP contribution in [0.2, 0.25) is 0 Å². The SMILES string of the molecule is COc1ccc(CC(=O)NCCn2nc3c(cc2=O)CCCC3)cc1OC. The molecule has 1 aliphatic rings. The Hall–Kier alpha value is -2.83. The summed E-state index contributed by atoms with van der Waals surface area (Å²) in [4.78, 5) is 24.3. The van der Waals surface area contributed by atoms with Gasteiger partial charge in [0.05, 0.1) is 32.9 Å². The first kappa shape index (κ1) is 18.9. The number of fused-ring (bicyclic) bond motifs is 1. The molecule has 144 valence electrons. The van der Waals surface area contributed by atoms with E-state index in [2.05, 4.69) is 10.4 Å². The smallest absolute Gasteiger partial charge is 0.267 e. The fraction of sp³-hybridized carbons (Fsp3) is 0.450. The number of carbonyl (C=O) groups is 1. The van der Waals surface area contributed by atoms with Crippen LogP contribution in [0.3, 0.4) is 0 Å². The van der Waals surface area contributed by atoms with Crippen LogP contribution in [0.15, 0.2) is 29.1 Å². The van der Waals surface area contributed by atoms with E-state index in [1.807, 2.05) is 6.07 Å². The number of rotatable bonds is 7. The minimum absolute atomic E-state index is 0.107. The Morgan fingerprint density at radius 3 is 2.70 bits per heavy atom. The molecule has 0 spiro atoms. The first-order valence-electron chi connectivity index (χ1n) is 9.18. The van der Waals surface area contributed by atoms with Crippen molar-refractivity contribution in [1.29, 1.82) is 0 Å². The Morgan fingerprint density at radius 1 is 1.15 bits per heavy atom. The highest BCUT2D eigenvalue weighted by Gasteiger charge is 2.13. The molecule has 0 saturated heterocycles. The van der Waals surface area contributed by atoms with Gasteiger partial charge in [-0.1, -0.05) is 6.07 Å². The second kappa shape index (κ2) is 8.70. The van der Waals surface area contributed by atoms with E-state index in [4.69, 9.17) is 9.47 Å². The molecule has 1 aliphatic carbocycles. The zero-order valence-corrected chi connectivity index (χ0v) is 15.8. The van der Waals surface area contributed by atoms with Gasteiger partial charge in [-0.25, -0.2) is 4.68 Å². The highest BCUT2D eigenvalue weighted by atomic mass is 16.5. The summed E-state index contributed by atoms with van der Waals surface area (Å²) in [7, 11) is 3.13. The summed E-state index contributed by atoms with van der Waals surface area (Å²) < 4.78 is 11.9. The molecule has 0 atom stereocenters. The van der Waals surface area contributed by atoms with Gasteiger partial charge in [-0.2, -0.15) is 5.10 Å². The zero-order chi connectivity index (χ0) is 19.2. The molecule has 7 heteroatoms. The van der Waals surface area contributed by atoms with E-state index in [9.17, 15) is 9.59 Å². The largest absolute Gasteiger partial charge is 0.493 e. The van der Waals surface area contributed by atoms with E-state index < -0.39 is 0 Å². The van der Waals surface area contributed by atoms with Crippen molar-refractivity contribution in [3.8, 4) is 11.5 Å². The molecule has 0 aliphatic heterocycles. The average Bonchev–Trinajstić information content (AvgIpc) is 2.68. The molecule has 0 radical (unpaired) electrons. The van der Waals surface area contributed by atoms with Crippen LogP contribution in [0.5, 0.6) is 11.5 Å². The molecule has 2 aromatic rings. The molecular formula is C20H25N3O4. The lowest BCUT2D eigenvalue weighted by atomic mass is 9.97. The predicted octanol–water partition coefficient (Wildman–Crippen LogP) is 1.50. The monoisotopic (exact) mass is 371 g/mol. The number of aryl methyl sites for hydroxylation is 2. The molecule has 1 amide bonds. The highest BCUT2D eigenvalue weighted by molar-refractivity contribution is 5.78. The van der Waals surface area contributed by atoms with Crippen LogP contribution in [-0.2, 0) is 30.6 Å². The molecule has 27 heavy (non-hydrogen) atoms. The third-order valence-corrected chi connectivity index (χ3v) is 4.73. The number of carbonyl (C=O) groups excluding carboxylic acids is 1. The maximum absolute atomic E-state index is 12.2. The predicted molar refractivity (Wildman–Crippen MR) is 101 cm³/mol. The number of nitrogens with zero attached hydrogens (tertiary/aromatic N) is 2. The van der Waals surface area contributed by atoms with Crippen molar-refractivity contribution in [3.63, 3.8) is 0 Å². The van der Waals surface area contributed by atoms with Crippen LogP contribution in [0.25, 0.3) is 0 Å². The van der Waals surface area contributed by atoms with Crippen LogP contribution in [0.4, 0.5) is 0 Å². The van der Waals surface area contributed by atoms with E-state index >= 15 is 0 Å². The standard InChI is InChI=1S/C20H25N3O4/c1-26-17-8-7-14(11-18(17)27-2)12-19(24)21-9-10-23-20(25)13-15-5-3-4-6-16(15)22-23/h7-8,11,13H,3-6,9-10,12H2,1-2H3,(H,21,24). The van der Waals surface area contributed by atoms with E-state index in [0.717, 1.165) is 42.5 Å². The maximum atomic E-state index is 12.2. The van der Waals surface area contributed by atoms with Crippen molar-refractivity contribution in [2.75, 3.05) is 20.8 Å². The molecule has 1 aromatic carbocycles. The van der Waals surface area contributed by atoms with Gasteiger partial charge >= 0.3 is 0 Å². The maximum Gasteiger partial charge on any atom is 0.267 e. The summed E-state index contributed by atoms with van der Waals surface area (Å²) >= 11 is 0. The van der Waals surface area contributed by atoms with Crippen molar-refractivity contribution in [3.05, 3.63) is 51.4 Å². The number of hydrogen-bond donors (Lipinski definition) is 1. The number of benzene rings is 1. The Bertz CT molecular complexity index is 876. The Balaban J connectivity index is 1.55. The van der Waals surface area contributed by atoms with Gasteiger partial charge in [0, 0.05) is 12.6 Å². The first-order valence-corrected chi connectivity index (χ1v) is 9.18. The number of methoxy groups -OCH3 is 2. The topological polar surface area (TPSA) is 82.5 Å². The number of nitrogens with one attached hydrogen (secondary N) is 1. The number of hydrogen-bond acceptors (Lipinski definition) is 5. The van der Waals surface area contributed by atoms with E-state index in [1.165, 1.54) is 4.68 Å². The molecule has 0 fully saturated rings. The number of amides is 1. The van der Waals surface area contributed by atoms with Crippen molar-refractivity contribution < 1.29 is 14.3 Å². The van der Waals surface area contributed by atoms with Crippen LogP contribution in [0, 0.1) is 0 Å². The van der Waals surface area contributed by atoms with Gasteiger partial charge < -0.3 is 14.8 Å². The van der Waals surface area contributed by atoms with Crippen molar-refractivity contribution >= 4 is 5.91 Å². The summed E-state index contributed by atoms with van der Waals surface area (Å²) in [6.07, 6.45) is 4.30. The van der Waals surface area contributed by atoms with Crippen LogP contribution in [0.1, 0.15) is 29.7 Å². The Morgan fingerprint density at radius 2 is 1.93 bits per heavy atom. The van der Waals surface area contributed by atoms with Crippen molar-refractivity contribution in [1.82, 2.24) is 15.1 Å². The fourth-order valence-corrected chi connectivity index (χ4v) is 3.30. The van der Waals surface area contributed by atoms with Gasteiger partial charge in [-0.15, -0.1) is 0 Å². The molecule has 1 N–H and O–H groups in total. The number of aromatic nitrogens is 2. The van der Waals surface area contributed by atoms with E-state index in [0.29, 0.717) is 24.6 Å². The summed E-state index contributed by atoms with van der Waals surface area (Å²) in [5.74, 6) is 1.10. The Labute approximate surface area is 158 Å².